The number of aromatic nitrogens is 6. The molecule has 2 aliphatic carbocycles. The molecule has 0 saturated heterocycles. The first-order valence-electron chi connectivity index (χ1n) is 10.8. The Kier molecular flexibility index (Phi) is 5.68. The van der Waals surface area contributed by atoms with Crippen LogP contribution < -0.4 is 10.6 Å². The summed E-state index contributed by atoms with van der Waals surface area (Å²) in [6, 6.07) is 0.914. The number of aromatic amines is 2. The van der Waals surface area contributed by atoms with Gasteiger partial charge in [0.05, 0.1) is 29.3 Å². The molecule has 9 heteroatoms. The second-order valence-corrected chi connectivity index (χ2v) is 8.89. The molecule has 3 heterocycles. The van der Waals surface area contributed by atoms with Crippen molar-refractivity contribution >= 4 is 17.5 Å². The molecule has 3 aromatic heterocycles. The molecule has 0 bridgehead atoms. The molecule has 5 rings (SSSR count). The van der Waals surface area contributed by atoms with Gasteiger partial charge in [-0.25, -0.2) is 9.97 Å². The SMILES string of the molecule is Clc1cnc(NC2CCC(NCc3cn[nH]c3)CC2)nc1-c1cn[nH]c1CC1CC1. The molecule has 0 aliphatic heterocycles. The van der Waals surface area contributed by atoms with Gasteiger partial charge in [0.15, 0.2) is 0 Å². The van der Waals surface area contributed by atoms with E-state index in [1.807, 2.05) is 18.6 Å². The minimum absolute atomic E-state index is 0.376. The van der Waals surface area contributed by atoms with Gasteiger partial charge in [-0.2, -0.15) is 10.2 Å². The van der Waals surface area contributed by atoms with E-state index in [-0.39, 0.29) is 0 Å². The van der Waals surface area contributed by atoms with Gasteiger partial charge in [-0.1, -0.05) is 11.6 Å². The standard InChI is InChI=1S/C21H27ClN8/c22-18-12-24-21(29-20(18)17-11-27-30-19(17)7-13-1-2-13)28-16-5-3-15(4-6-16)23-8-14-9-25-26-10-14/h9-13,15-16,23H,1-8H2,(H,25,26)(H,27,30)(H,24,28,29). The van der Waals surface area contributed by atoms with Crippen molar-refractivity contribution < 1.29 is 0 Å². The minimum Gasteiger partial charge on any atom is -0.351 e. The molecule has 2 saturated carbocycles. The molecule has 158 valence electrons. The van der Waals surface area contributed by atoms with Crippen molar-refractivity contribution in [1.29, 1.82) is 0 Å². The van der Waals surface area contributed by atoms with Gasteiger partial charge in [0.1, 0.15) is 0 Å². The van der Waals surface area contributed by atoms with Crippen LogP contribution in [0.3, 0.4) is 0 Å². The van der Waals surface area contributed by atoms with Gasteiger partial charge in [-0.15, -0.1) is 0 Å². The number of anilines is 1. The molecule has 0 aromatic carbocycles. The van der Waals surface area contributed by atoms with Gasteiger partial charge in [-0.3, -0.25) is 10.2 Å². The van der Waals surface area contributed by atoms with Crippen LogP contribution in [-0.2, 0) is 13.0 Å². The van der Waals surface area contributed by atoms with Crippen LogP contribution in [0.5, 0.6) is 0 Å². The zero-order chi connectivity index (χ0) is 20.3. The quantitative estimate of drug-likeness (QED) is 0.437. The van der Waals surface area contributed by atoms with E-state index < -0.39 is 0 Å². The van der Waals surface area contributed by atoms with Gasteiger partial charge in [0.25, 0.3) is 0 Å². The molecule has 0 amide bonds. The largest absolute Gasteiger partial charge is 0.351 e. The van der Waals surface area contributed by atoms with E-state index in [4.69, 9.17) is 16.6 Å². The molecule has 2 aliphatic rings. The van der Waals surface area contributed by atoms with Crippen LogP contribution in [0.25, 0.3) is 11.3 Å². The van der Waals surface area contributed by atoms with Crippen LogP contribution >= 0.6 is 11.6 Å². The highest BCUT2D eigenvalue weighted by molar-refractivity contribution is 6.32. The fourth-order valence-corrected chi connectivity index (χ4v) is 4.36. The summed E-state index contributed by atoms with van der Waals surface area (Å²) >= 11 is 6.44. The second kappa shape index (κ2) is 8.73. The molecule has 4 N–H and O–H groups in total. The number of rotatable bonds is 8. The van der Waals surface area contributed by atoms with E-state index in [1.165, 1.54) is 18.4 Å². The first-order valence-corrected chi connectivity index (χ1v) is 11.1. The van der Waals surface area contributed by atoms with Crippen LogP contribution in [-0.4, -0.2) is 42.4 Å². The van der Waals surface area contributed by atoms with Gasteiger partial charge < -0.3 is 10.6 Å². The number of hydrogen-bond acceptors (Lipinski definition) is 6. The Labute approximate surface area is 180 Å². The minimum atomic E-state index is 0.376. The van der Waals surface area contributed by atoms with Crippen molar-refractivity contribution in [1.82, 2.24) is 35.7 Å². The lowest BCUT2D eigenvalue weighted by molar-refractivity contribution is 0.352. The van der Waals surface area contributed by atoms with Crippen molar-refractivity contribution in [3.63, 3.8) is 0 Å². The Bertz CT molecular complexity index is 957. The summed E-state index contributed by atoms with van der Waals surface area (Å²) < 4.78 is 0. The van der Waals surface area contributed by atoms with Crippen LogP contribution in [0.15, 0.2) is 24.8 Å². The average molecular weight is 427 g/mol. The predicted octanol–water partition coefficient (Wildman–Crippen LogP) is 3.71. The summed E-state index contributed by atoms with van der Waals surface area (Å²) in [5.41, 5.74) is 4.06. The smallest absolute Gasteiger partial charge is 0.223 e. The molecule has 0 radical (unpaired) electrons. The second-order valence-electron chi connectivity index (χ2n) is 8.48. The highest BCUT2D eigenvalue weighted by Gasteiger charge is 2.25. The van der Waals surface area contributed by atoms with E-state index in [1.54, 1.807) is 6.20 Å². The van der Waals surface area contributed by atoms with Crippen molar-refractivity contribution in [3.8, 4) is 11.3 Å². The fraction of sp³-hybridized carbons (Fsp3) is 0.524. The molecule has 8 nitrogen and oxygen atoms in total. The first kappa shape index (κ1) is 19.5. The Hall–Kier alpha value is -2.45. The Morgan fingerprint density at radius 3 is 2.60 bits per heavy atom. The maximum Gasteiger partial charge on any atom is 0.223 e. The Morgan fingerprint density at radius 2 is 1.83 bits per heavy atom. The average Bonchev–Trinajstić information content (AvgIpc) is 3.22. The summed E-state index contributed by atoms with van der Waals surface area (Å²) in [4.78, 5) is 9.17. The number of hydrogen-bond donors (Lipinski definition) is 4. The van der Waals surface area contributed by atoms with Gasteiger partial charge in [-0.05, 0) is 50.9 Å². The summed E-state index contributed by atoms with van der Waals surface area (Å²) in [7, 11) is 0. The van der Waals surface area contributed by atoms with Crippen LogP contribution in [0, 0.1) is 5.92 Å². The third kappa shape index (κ3) is 4.65. The lowest BCUT2D eigenvalue weighted by Crippen LogP contribution is -2.36. The van der Waals surface area contributed by atoms with Gasteiger partial charge in [0, 0.05) is 41.6 Å². The highest BCUT2D eigenvalue weighted by Crippen LogP contribution is 2.36. The topological polar surface area (TPSA) is 107 Å². The van der Waals surface area contributed by atoms with Gasteiger partial charge >= 0.3 is 0 Å². The predicted molar refractivity (Wildman–Crippen MR) is 116 cm³/mol. The maximum atomic E-state index is 6.44. The van der Waals surface area contributed by atoms with E-state index in [9.17, 15) is 0 Å². The molecule has 0 spiro atoms. The normalized spacial score (nSPS) is 21.6. The van der Waals surface area contributed by atoms with Crippen LogP contribution in [0.1, 0.15) is 49.8 Å². The summed E-state index contributed by atoms with van der Waals surface area (Å²) in [5, 5.41) is 21.9. The lowest BCUT2D eigenvalue weighted by atomic mass is 9.91. The number of halogens is 1. The molecular formula is C21H27ClN8. The Balaban J connectivity index is 1.19. The molecule has 30 heavy (non-hydrogen) atoms. The van der Waals surface area contributed by atoms with Crippen molar-refractivity contribution in [2.45, 2.75) is 63.6 Å². The summed E-state index contributed by atoms with van der Waals surface area (Å²) in [6.07, 6.45) is 15.3. The van der Waals surface area contributed by atoms with Crippen LogP contribution in [0.4, 0.5) is 5.95 Å². The molecule has 0 unspecified atom stereocenters. The Morgan fingerprint density at radius 1 is 1.00 bits per heavy atom. The summed E-state index contributed by atoms with van der Waals surface area (Å²) in [5.74, 6) is 1.41. The van der Waals surface area contributed by atoms with E-state index in [0.29, 0.717) is 23.1 Å². The molecular weight excluding hydrogens is 400 g/mol. The first-order chi connectivity index (χ1) is 14.7. The van der Waals surface area contributed by atoms with Crippen molar-refractivity contribution in [2.75, 3.05) is 5.32 Å². The van der Waals surface area contributed by atoms with Gasteiger partial charge in [0.2, 0.25) is 5.95 Å². The number of H-pyrrole nitrogens is 2. The summed E-state index contributed by atoms with van der Waals surface area (Å²) in [6.45, 7) is 0.858. The van der Waals surface area contributed by atoms with E-state index in [2.05, 4.69) is 36.0 Å². The molecule has 2 fully saturated rings. The number of nitrogens with zero attached hydrogens (tertiary/aromatic N) is 4. The lowest BCUT2D eigenvalue weighted by Gasteiger charge is -2.29. The maximum absolute atomic E-state index is 6.44. The monoisotopic (exact) mass is 426 g/mol. The fourth-order valence-electron chi connectivity index (χ4n) is 4.17. The zero-order valence-corrected chi connectivity index (χ0v) is 17.6. The van der Waals surface area contributed by atoms with Crippen molar-refractivity contribution in [2.24, 2.45) is 5.92 Å². The molecule has 3 aromatic rings. The molecule has 0 atom stereocenters. The third-order valence-electron chi connectivity index (χ3n) is 6.12. The highest BCUT2D eigenvalue weighted by atomic mass is 35.5. The van der Waals surface area contributed by atoms with E-state index in [0.717, 1.165) is 61.5 Å². The third-order valence-corrected chi connectivity index (χ3v) is 6.39. The van der Waals surface area contributed by atoms with Crippen molar-refractivity contribution in [3.05, 3.63) is 41.1 Å². The number of nitrogens with one attached hydrogen (secondary N) is 4. The van der Waals surface area contributed by atoms with Crippen LogP contribution in [0.2, 0.25) is 5.02 Å². The zero-order valence-electron chi connectivity index (χ0n) is 16.9. The van der Waals surface area contributed by atoms with E-state index >= 15 is 0 Å².